The number of hydrogen-bond donors (Lipinski definition) is 1. The number of piperidine rings is 1. The molecule has 0 aliphatic carbocycles. The third kappa shape index (κ3) is 3.41. The van der Waals surface area contributed by atoms with Crippen molar-refractivity contribution < 1.29 is 4.79 Å². The van der Waals surface area contributed by atoms with Crippen molar-refractivity contribution in [3.8, 4) is 0 Å². The van der Waals surface area contributed by atoms with Gasteiger partial charge in [-0.05, 0) is 32.2 Å². The molecule has 2 N–H and O–H groups in total. The van der Waals surface area contributed by atoms with Crippen LogP contribution in [-0.2, 0) is 7.05 Å². The van der Waals surface area contributed by atoms with Crippen LogP contribution in [0.25, 0.3) is 0 Å². The molecule has 0 bridgehead atoms. The van der Waals surface area contributed by atoms with Gasteiger partial charge in [-0.15, -0.1) is 12.4 Å². The molecular weight excluding hydrogens is 278 g/mol. The highest BCUT2D eigenvalue weighted by Gasteiger charge is 2.24. The normalized spacial score (nSPS) is 15.8. The fraction of sp³-hybridized carbons (Fsp3) is 0.571. The molecule has 1 fully saturated rings. The lowest BCUT2D eigenvalue weighted by Crippen LogP contribution is -2.41. The van der Waals surface area contributed by atoms with E-state index in [9.17, 15) is 9.59 Å². The number of aromatic nitrogens is 1. The first-order chi connectivity index (χ1) is 9.02. The first kappa shape index (κ1) is 16.7. The molecule has 0 radical (unpaired) electrons. The molecule has 1 saturated heterocycles. The molecule has 1 amide bonds. The fourth-order valence-electron chi connectivity index (χ4n) is 2.43. The number of hydrogen-bond acceptors (Lipinski definition) is 3. The maximum atomic E-state index is 12.4. The number of rotatable bonds is 2. The Hall–Kier alpha value is -1.33. The van der Waals surface area contributed by atoms with Crippen LogP contribution < -0.4 is 11.2 Å². The van der Waals surface area contributed by atoms with Crippen LogP contribution in [0.2, 0.25) is 0 Å². The average Bonchev–Trinajstić information content (AvgIpc) is 2.42. The molecule has 6 heteroatoms. The summed E-state index contributed by atoms with van der Waals surface area (Å²) in [4.78, 5) is 26.0. The van der Waals surface area contributed by atoms with E-state index < -0.39 is 0 Å². The van der Waals surface area contributed by atoms with Crippen molar-refractivity contribution in [2.45, 2.75) is 19.8 Å². The van der Waals surface area contributed by atoms with Gasteiger partial charge in [-0.3, -0.25) is 9.59 Å². The van der Waals surface area contributed by atoms with Crippen LogP contribution in [0.5, 0.6) is 0 Å². The Morgan fingerprint density at radius 1 is 1.40 bits per heavy atom. The lowest BCUT2D eigenvalue weighted by atomic mass is 9.97. The number of halogens is 1. The standard InChI is InChI=1S/C14H21N3O2.ClH/c1-10-7-13(18)12(9-16(10)2)14(19)17-5-3-11(8-15)4-6-17;/h7,9,11H,3-6,8,15H2,1-2H3;1H. The van der Waals surface area contributed by atoms with E-state index in [0.717, 1.165) is 18.5 Å². The Balaban J connectivity index is 0.00000200. The predicted octanol–water partition coefficient (Wildman–Crippen LogP) is 0.926. The molecule has 0 unspecified atom stereocenters. The van der Waals surface area contributed by atoms with E-state index >= 15 is 0 Å². The van der Waals surface area contributed by atoms with Gasteiger partial charge in [-0.1, -0.05) is 0 Å². The summed E-state index contributed by atoms with van der Waals surface area (Å²) in [5.74, 6) is 0.348. The quantitative estimate of drug-likeness (QED) is 0.883. The summed E-state index contributed by atoms with van der Waals surface area (Å²) in [6.45, 7) is 3.91. The highest BCUT2D eigenvalue weighted by atomic mass is 35.5. The van der Waals surface area contributed by atoms with Gasteiger partial charge in [0.15, 0.2) is 5.43 Å². The lowest BCUT2D eigenvalue weighted by Gasteiger charge is -2.31. The summed E-state index contributed by atoms with van der Waals surface area (Å²) in [5, 5.41) is 0. The van der Waals surface area contributed by atoms with Crippen LogP contribution >= 0.6 is 12.4 Å². The molecule has 1 aliphatic rings. The Morgan fingerprint density at radius 3 is 2.55 bits per heavy atom. The first-order valence-corrected chi connectivity index (χ1v) is 6.69. The molecule has 5 nitrogen and oxygen atoms in total. The van der Waals surface area contributed by atoms with Crippen LogP contribution in [0.15, 0.2) is 17.1 Å². The van der Waals surface area contributed by atoms with Crippen LogP contribution in [0, 0.1) is 12.8 Å². The minimum Gasteiger partial charge on any atom is -0.354 e. The SMILES string of the molecule is Cc1cc(=O)c(C(=O)N2CCC(CN)CC2)cn1C.Cl. The topological polar surface area (TPSA) is 68.3 Å². The van der Waals surface area contributed by atoms with E-state index in [2.05, 4.69) is 0 Å². The number of likely N-dealkylation sites (tertiary alicyclic amines) is 1. The molecule has 1 aliphatic heterocycles. The van der Waals surface area contributed by atoms with Gasteiger partial charge in [-0.2, -0.15) is 0 Å². The second kappa shape index (κ2) is 6.90. The van der Waals surface area contributed by atoms with Crippen molar-refractivity contribution in [2.75, 3.05) is 19.6 Å². The highest BCUT2D eigenvalue weighted by molar-refractivity contribution is 5.93. The van der Waals surface area contributed by atoms with Crippen LogP contribution in [-0.4, -0.2) is 35.0 Å². The third-order valence-corrected chi connectivity index (χ3v) is 3.95. The van der Waals surface area contributed by atoms with Gasteiger partial charge in [0.1, 0.15) is 5.56 Å². The molecule has 0 atom stereocenters. The summed E-state index contributed by atoms with van der Waals surface area (Å²) >= 11 is 0. The van der Waals surface area contributed by atoms with Crippen LogP contribution in [0.1, 0.15) is 28.9 Å². The summed E-state index contributed by atoms with van der Waals surface area (Å²) in [5.41, 5.74) is 6.56. The smallest absolute Gasteiger partial charge is 0.259 e. The van der Waals surface area contributed by atoms with Crippen molar-refractivity contribution in [2.24, 2.45) is 18.7 Å². The molecule has 1 aromatic rings. The number of pyridine rings is 1. The first-order valence-electron chi connectivity index (χ1n) is 6.69. The number of carbonyl (C=O) groups is 1. The van der Waals surface area contributed by atoms with E-state index in [1.807, 2.05) is 14.0 Å². The molecule has 0 aromatic carbocycles. The van der Waals surface area contributed by atoms with Crippen molar-refractivity contribution >= 4 is 18.3 Å². The summed E-state index contributed by atoms with van der Waals surface area (Å²) in [7, 11) is 1.84. The van der Waals surface area contributed by atoms with Crippen molar-refractivity contribution in [3.63, 3.8) is 0 Å². The number of nitrogens with two attached hydrogens (primary N) is 1. The zero-order valence-corrected chi connectivity index (χ0v) is 12.8. The fourth-order valence-corrected chi connectivity index (χ4v) is 2.43. The molecule has 20 heavy (non-hydrogen) atoms. The zero-order valence-electron chi connectivity index (χ0n) is 12.0. The molecule has 112 valence electrons. The molecular formula is C14H22ClN3O2. The van der Waals surface area contributed by atoms with Gasteiger partial charge < -0.3 is 15.2 Å². The predicted molar refractivity (Wildman–Crippen MR) is 81.3 cm³/mol. The lowest BCUT2D eigenvalue weighted by molar-refractivity contribution is 0.0691. The monoisotopic (exact) mass is 299 g/mol. The second-order valence-corrected chi connectivity index (χ2v) is 5.27. The van der Waals surface area contributed by atoms with Gasteiger partial charge in [0.25, 0.3) is 5.91 Å². The van der Waals surface area contributed by atoms with Crippen molar-refractivity contribution in [1.29, 1.82) is 0 Å². The van der Waals surface area contributed by atoms with E-state index in [4.69, 9.17) is 5.73 Å². The van der Waals surface area contributed by atoms with Gasteiger partial charge in [-0.25, -0.2) is 0 Å². The largest absolute Gasteiger partial charge is 0.354 e. The number of carbonyl (C=O) groups excluding carboxylic acids is 1. The maximum Gasteiger partial charge on any atom is 0.259 e. The van der Waals surface area contributed by atoms with E-state index in [1.165, 1.54) is 6.07 Å². The molecule has 0 saturated carbocycles. The number of amides is 1. The molecule has 2 heterocycles. The maximum absolute atomic E-state index is 12.4. The summed E-state index contributed by atoms with van der Waals surface area (Å²) in [6.07, 6.45) is 3.48. The Morgan fingerprint density at radius 2 is 2.00 bits per heavy atom. The molecule has 0 spiro atoms. The van der Waals surface area contributed by atoms with Gasteiger partial charge in [0.05, 0.1) is 0 Å². The van der Waals surface area contributed by atoms with Crippen molar-refractivity contribution in [1.82, 2.24) is 9.47 Å². The van der Waals surface area contributed by atoms with E-state index in [0.29, 0.717) is 25.6 Å². The number of nitrogens with zero attached hydrogens (tertiary/aromatic N) is 2. The van der Waals surface area contributed by atoms with Crippen molar-refractivity contribution in [3.05, 3.63) is 33.7 Å². The highest BCUT2D eigenvalue weighted by Crippen LogP contribution is 2.17. The minimum atomic E-state index is -0.193. The Bertz CT molecular complexity index is 534. The van der Waals surface area contributed by atoms with E-state index in [1.54, 1.807) is 15.7 Å². The summed E-state index contributed by atoms with van der Waals surface area (Å²) in [6, 6.07) is 1.51. The third-order valence-electron chi connectivity index (χ3n) is 3.95. The van der Waals surface area contributed by atoms with Crippen LogP contribution in [0.3, 0.4) is 0 Å². The molecule has 1 aromatic heterocycles. The Kier molecular flexibility index (Phi) is 5.77. The number of aryl methyl sites for hydroxylation is 2. The Labute approximate surface area is 125 Å². The van der Waals surface area contributed by atoms with Crippen LogP contribution in [0.4, 0.5) is 0 Å². The van der Waals surface area contributed by atoms with Gasteiger partial charge in [0.2, 0.25) is 0 Å². The second-order valence-electron chi connectivity index (χ2n) is 5.27. The zero-order chi connectivity index (χ0) is 14.0. The molecule has 2 rings (SSSR count). The minimum absolute atomic E-state index is 0. The summed E-state index contributed by atoms with van der Waals surface area (Å²) < 4.78 is 1.81. The average molecular weight is 300 g/mol. The van der Waals surface area contributed by atoms with Gasteiger partial charge in [0, 0.05) is 38.1 Å². The van der Waals surface area contributed by atoms with Gasteiger partial charge >= 0.3 is 0 Å². The van der Waals surface area contributed by atoms with E-state index in [-0.39, 0.29) is 29.3 Å².